The molecule has 0 unspecified atom stereocenters. The lowest BCUT2D eigenvalue weighted by Crippen LogP contribution is -2.08. The van der Waals surface area contributed by atoms with E-state index in [1.54, 1.807) is 12.1 Å². The van der Waals surface area contributed by atoms with Gasteiger partial charge >= 0.3 is 5.97 Å². The van der Waals surface area contributed by atoms with Crippen molar-refractivity contribution >= 4 is 17.8 Å². The Bertz CT molecular complexity index is 394. The van der Waals surface area contributed by atoms with Gasteiger partial charge in [0, 0.05) is 12.3 Å². The Hall–Kier alpha value is -2.17. The lowest BCUT2D eigenvalue weighted by Gasteiger charge is -1.97. The first-order chi connectivity index (χ1) is 7.13. The van der Waals surface area contributed by atoms with Crippen LogP contribution in [0.5, 0.6) is 5.88 Å². The first kappa shape index (κ1) is 10.9. The summed E-state index contributed by atoms with van der Waals surface area (Å²) in [6.45, 7) is 0. The Morgan fingerprint density at radius 1 is 1.47 bits per heavy atom. The zero-order chi connectivity index (χ0) is 11.3. The van der Waals surface area contributed by atoms with E-state index < -0.39 is 11.8 Å². The van der Waals surface area contributed by atoms with E-state index in [0.717, 1.165) is 6.08 Å². The van der Waals surface area contributed by atoms with Gasteiger partial charge in [-0.2, -0.15) is 0 Å². The van der Waals surface area contributed by atoms with Gasteiger partial charge in [-0.15, -0.1) is 0 Å². The van der Waals surface area contributed by atoms with Gasteiger partial charge in [0.2, 0.25) is 5.88 Å². The molecule has 1 heterocycles. The zero-order valence-corrected chi connectivity index (χ0v) is 8.01. The number of ether oxygens (including phenoxy) is 1. The van der Waals surface area contributed by atoms with Crippen LogP contribution in [0.2, 0.25) is 0 Å². The molecule has 0 fully saturated rings. The number of methoxy groups -OCH3 is 1. The molecular formula is C10H9NO4. The van der Waals surface area contributed by atoms with Crippen LogP contribution in [0, 0.1) is 0 Å². The van der Waals surface area contributed by atoms with Gasteiger partial charge in [0.1, 0.15) is 0 Å². The van der Waals surface area contributed by atoms with Crippen LogP contribution in [0.15, 0.2) is 24.4 Å². The monoisotopic (exact) mass is 207 g/mol. The summed E-state index contributed by atoms with van der Waals surface area (Å²) in [6, 6.07) is 3.28. The normalized spacial score (nSPS) is 10.2. The minimum absolute atomic E-state index is 0.455. The third kappa shape index (κ3) is 3.22. The summed E-state index contributed by atoms with van der Waals surface area (Å²) in [6.07, 6.45) is 3.83. The molecule has 0 spiro atoms. The van der Waals surface area contributed by atoms with Gasteiger partial charge in [-0.1, -0.05) is 0 Å². The summed E-state index contributed by atoms with van der Waals surface area (Å²) in [7, 11) is 1.49. The van der Waals surface area contributed by atoms with Crippen LogP contribution in [0.1, 0.15) is 5.56 Å². The number of aliphatic carboxylic acids is 1. The maximum atomic E-state index is 10.7. The third-order valence-corrected chi connectivity index (χ3v) is 1.61. The fourth-order valence-corrected chi connectivity index (χ4v) is 0.854. The predicted octanol–water partition coefficient (Wildman–Crippen LogP) is 0.757. The van der Waals surface area contributed by atoms with Gasteiger partial charge in [0.15, 0.2) is 0 Å². The number of carboxylic acids is 1. The average Bonchev–Trinajstić information content (AvgIpc) is 2.26. The maximum absolute atomic E-state index is 10.7. The van der Waals surface area contributed by atoms with E-state index >= 15 is 0 Å². The predicted molar refractivity (Wildman–Crippen MR) is 52.5 cm³/mol. The summed E-state index contributed by atoms with van der Waals surface area (Å²) in [5.41, 5.74) is 0.630. The third-order valence-electron chi connectivity index (χ3n) is 1.61. The number of rotatable bonds is 4. The molecule has 1 aromatic heterocycles. The highest BCUT2D eigenvalue weighted by Gasteiger charge is 2.05. The molecule has 1 N–H and O–H groups in total. The van der Waals surface area contributed by atoms with Crippen molar-refractivity contribution in [3.63, 3.8) is 0 Å². The van der Waals surface area contributed by atoms with Crippen LogP contribution in [-0.4, -0.2) is 29.0 Å². The maximum Gasteiger partial charge on any atom is 0.376 e. The Morgan fingerprint density at radius 3 is 2.67 bits per heavy atom. The van der Waals surface area contributed by atoms with Crippen molar-refractivity contribution in [2.75, 3.05) is 7.11 Å². The molecular weight excluding hydrogens is 198 g/mol. The average molecular weight is 207 g/mol. The first-order valence-corrected chi connectivity index (χ1v) is 4.09. The number of hydrogen-bond donors (Lipinski definition) is 1. The van der Waals surface area contributed by atoms with Crippen LogP contribution in [-0.2, 0) is 9.59 Å². The van der Waals surface area contributed by atoms with Gasteiger partial charge in [0.05, 0.1) is 7.11 Å². The Kier molecular flexibility index (Phi) is 3.56. The van der Waals surface area contributed by atoms with E-state index in [0.29, 0.717) is 11.4 Å². The number of carbonyl (C=O) groups is 2. The van der Waals surface area contributed by atoms with Crippen LogP contribution >= 0.6 is 0 Å². The van der Waals surface area contributed by atoms with Crippen molar-refractivity contribution in [1.29, 1.82) is 0 Å². The van der Waals surface area contributed by atoms with Gasteiger partial charge in [-0.25, -0.2) is 9.78 Å². The number of ketones is 1. The summed E-state index contributed by atoms with van der Waals surface area (Å²) < 4.78 is 4.84. The molecule has 0 radical (unpaired) electrons. The second kappa shape index (κ2) is 4.90. The summed E-state index contributed by atoms with van der Waals surface area (Å²) >= 11 is 0. The molecule has 0 aliphatic rings. The van der Waals surface area contributed by atoms with Gasteiger partial charge < -0.3 is 9.84 Å². The van der Waals surface area contributed by atoms with E-state index in [2.05, 4.69) is 4.98 Å². The molecule has 0 aliphatic heterocycles. The first-order valence-electron chi connectivity index (χ1n) is 4.09. The molecule has 1 aromatic rings. The van der Waals surface area contributed by atoms with E-state index in [4.69, 9.17) is 9.84 Å². The largest absolute Gasteiger partial charge is 0.481 e. The fourth-order valence-electron chi connectivity index (χ4n) is 0.854. The number of pyridine rings is 1. The number of hydrogen-bond acceptors (Lipinski definition) is 4. The molecule has 1 rings (SSSR count). The summed E-state index contributed by atoms with van der Waals surface area (Å²) in [5.74, 6) is -1.99. The fraction of sp³-hybridized carbons (Fsp3) is 0.100. The summed E-state index contributed by atoms with van der Waals surface area (Å²) in [4.78, 5) is 24.8. The van der Waals surface area contributed by atoms with Crippen molar-refractivity contribution in [3.05, 3.63) is 30.0 Å². The molecule has 0 bridgehead atoms. The standard InChI is InChI=1S/C10H9NO4/c1-15-9-5-3-7(6-11-9)2-4-8(12)10(13)14/h2-6H,1H3,(H,13,14)/b4-2+. The molecule has 0 aromatic carbocycles. The molecule has 0 saturated carbocycles. The van der Waals surface area contributed by atoms with Crippen molar-refractivity contribution in [2.24, 2.45) is 0 Å². The molecule has 0 aliphatic carbocycles. The lowest BCUT2D eigenvalue weighted by atomic mass is 10.2. The second-order valence-corrected chi connectivity index (χ2v) is 2.64. The summed E-state index contributed by atoms with van der Waals surface area (Å²) in [5, 5.41) is 8.31. The molecule has 15 heavy (non-hydrogen) atoms. The van der Waals surface area contributed by atoms with Crippen LogP contribution in [0.4, 0.5) is 0 Å². The molecule has 5 heteroatoms. The molecule has 78 valence electrons. The van der Waals surface area contributed by atoms with Crippen molar-refractivity contribution < 1.29 is 19.4 Å². The van der Waals surface area contributed by atoms with E-state index in [1.165, 1.54) is 19.4 Å². The molecule has 0 atom stereocenters. The van der Waals surface area contributed by atoms with Crippen molar-refractivity contribution in [1.82, 2.24) is 4.98 Å². The van der Waals surface area contributed by atoms with E-state index in [-0.39, 0.29) is 0 Å². The number of aromatic nitrogens is 1. The highest BCUT2D eigenvalue weighted by atomic mass is 16.5. The van der Waals surface area contributed by atoms with Crippen molar-refractivity contribution in [3.8, 4) is 5.88 Å². The Balaban J connectivity index is 2.73. The molecule has 0 amide bonds. The van der Waals surface area contributed by atoms with Crippen LogP contribution < -0.4 is 4.74 Å². The SMILES string of the molecule is COc1ccc(/C=C/C(=O)C(=O)O)cn1. The van der Waals surface area contributed by atoms with Gasteiger partial charge in [-0.3, -0.25) is 4.79 Å². The highest BCUT2D eigenvalue weighted by molar-refractivity contribution is 6.38. The Labute approximate surface area is 86.0 Å². The smallest absolute Gasteiger partial charge is 0.376 e. The quantitative estimate of drug-likeness (QED) is 0.582. The van der Waals surface area contributed by atoms with Gasteiger partial charge in [-0.05, 0) is 23.8 Å². The minimum atomic E-state index is -1.48. The topological polar surface area (TPSA) is 76.5 Å². The zero-order valence-electron chi connectivity index (χ0n) is 8.01. The van der Waals surface area contributed by atoms with Crippen molar-refractivity contribution in [2.45, 2.75) is 0 Å². The Morgan fingerprint density at radius 2 is 2.20 bits per heavy atom. The minimum Gasteiger partial charge on any atom is -0.481 e. The van der Waals surface area contributed by atoms with Crippen LogP contribution in [0.3, 0.4) is 0 Å². The molecule has 5 nitrogen and oxygen atoms in total. The van der Waals surface area contributed by atoms with E-state index in [9.17, 15) is 9.59 Å². The highest BCUT2D eigenvalue weighted by Crippen LogP contribution is 2.07. The molecule has 0 saturated heterocycles. The van der Waals surface area contributed by atoms with E-state index in [1.807, 2.05) is 0 Å². The lowest BCUT2D eigenvalue weighted by molar-refractivity contribution is -0.146. The number of nitrogens with zero attached hydrogens (tertiary/aromatic N) is 1. The van der Waals surface area contributed by atoms with Gasteiger partial charge in [0.25, 0.3) is 5.78 Å². The van der Waals surface area contributed by atoms with Crippen LogP contribution in [0.25, 0.3) is 6.08 Å². The number of carboxylic acid groups (broad SMARTS) is 1. The number of carbonyl (C=O) groups excluding carboxylic acids is 1. The second-order valence-electron chi connectivity index (χ2n) is 2.64.